The van der Waals surface area contributed by atoms with E-state index in [1.54, 1.807) is 7.11 Å². The van der Waals surface area contributed by atoms with Gasteiger partial charge in [-0.1, -0.05) is 0 Å². The number of ether oxygens (including phenoxy) is 1. The molecule has 1 atom stereocenters. The third kappa shape index (κ3) is 2.64. The molecule has 0 saturated heterocycles. The van der Waals surface area contributed by atoms with Crippen molar-refractivity contribution in [1.29, 1.82) is 0 Å². The molecule has 0 bridgehead atoms. The number of anilines is 2. The van der Waals surface area contributed by atoms with Crippen molar-refractivity contribution in [2.24, 2.45) is 0 Å². The first-order valence-corrected chi connectivity index (χ1v) is 6.33. The summed E-state index contributed by atoms with van der Waals surface area (Å²) >= 11 is 0. The summed E-state index contributed by atoms with van der Waals surface area (Å²) in [5, 5.41) is 0. The van der Waals surface area contributed by atoms with Crippen LogP contribution in [0.5, 0.6) is 0 Å². The van der Waals surface area contributed by atoms with Crippen molar-refractivity contribution in [3.8, 4) is 0 Å². The quantitative estimate of drug-likeness (QED) is 0.829. The summed E-state index contributed by atoms with van der Waals surface area (Å²) in [6.45, 7) is 2.74. The summed E-state index contributed by atoms with van der Waals surface area (Å²) in [5.74, 6) is 0.169. The van der Waals surface area contributed by atoms with Gasteiger partial charge in [0.1, 0.15) is 0 Å². The molecule has 0 fully saturated rings. The van der Waals surface area contributed by atoms with Crippen molar-refractivity contribution in [3.63, 3.8) is 0 Å². The van der Waals surface area contributed by atoms with Crippen LogP contribution in [0.3, 0.4) is 0 Å². The number of amides is 1. The van der Waals surface area contributed by atoms with Gasteiger partial charge in [0.15, 0.2) is 0 Å². The summed E-state index contributed by atoms with van der Waals surface area (Å²) < 4.78 is 5.16. The first kappa shape index (κ1) is 12.9. The third-order valence-electron chi connectivity index (χ3n) is 3.47. The van der Waals surface area contributed by atoms with Crippen molar-refractivity contribution >= 4 is 17.3 Å². The Labute approximate surface area is 108 Å². The predicted molar refractivity (Wildman–Crippen MR) is 72.6 cm³/mol. The van der Waals surface area contributed by atoms with Crippen molar-refractivity contribution in [2.75, 3.05) is 24.3 Å². The van der Waals surface area contributed by atoms with E-state index in [0.29, 0.717) is 6.42 Å². The highest BCUT2D eigenvalue weighted by Crippen LogP contribution is 2.30. The number of methoxy groups -OCH3 is 1. The number of rotatable bonds is 4. The molecule has 0 radical (unpaired) electrons. The summed E-state index contributed by atoms with van der Waals surface area (Å²) in [6.07, 6.45) is 2.31. The van der Waals surface area contributed by atoms with Crippen LogP contribution in [0, 0.1) is 0 Å². The lowest BCUT2D eigenvalue weighted by molar-refractivity contribution is -0.119. The monoisotopic (exact) mass is 248 g/mol. The standard InChI is InChI=1S/C14H20N2O2/c1-10(18-2)3-6-14(17)16-8-7-11-9-12(15)4-5-13(11)16/h4-5,9-10H,3,6-8,15H2,1-2H3. The summed E-state index contributed by atoms with van der Waals surface area (Å²) in [6, 6.07) is 5.75. The maximum absolute atomic E-state index is 12.2. The lowest BCUT2D eigenvalue weighted by Crippen LogP contribution is -2.29. The van der Waals surface area contributed by atoms with Gasteiger partial charge in [-0.3, -0.25) is 4.79 Å². The van der Waals surface area contributed by atoms with Crippen LogP contribution in [0.4, 0.5) is 11.4 Å². The van der Waals surface area contributed by atoms with Crippen LogP contribution < -0.4 is 10.6 Å². The van der Waals surface area contributed by atoms with E-state index in [9.17, 15) is 4.79 Å². The maximum Gasteiger partial charge on any atom is 0.227 e. The molecule has 2 N–H and O–H groups in total. The van der Waals surface area contributed by atoms with Crippen molar-refractivity contribution in [1.82, 2.24) is 0 Å². The van der Waals surface area contributed by atoms with Gasteiger partial charge in [0.2, 0.25) is 5.91 Å². The number of nitrogens with two attached hydrogens (primary N) is 1. The number of nitrogens with zero attached hydrogens (tertiary/aromatic N) is 1. The minimum absolute atomic E-state index is 0.127. The van der Waals surface area contributed by atoms with E-state index in [1.165, 1.54) is 5.56 Å². The number of nitrogen functional groups attached to an aromatic ring is 1. The van der Waals surface area contributed by atoms with Crippen LogP contribution in [-0.4, -0.2) is 25.7 Å². The highest BCUT2D eigenvalue weighted by Gasteiger charge is 2.24. The van der Waals surface area contributed by atoms with Gasteiger partial charge in [-0.15, -0.1) is 0 Å². The SMILES string of the molecule is COC(C)CCC(=O)N1CCc2cc(N)ccc21. The van der Waals surface area contributed by atoms with E-state index in [0.717, 1.165) is 30.8 Å². The molecule has 0 saturated carbocycles. The highest BCUT2D eigenvalue weighted by molar-refractivity contribution is 5.95. The van der Waals surface area contributed by atoms with E-state index < -0.39 is 0 Å². The largest absolute Gasteiger partial charge is 0.399 e. The van der Waals surface area contributed by atoms with Gasteiger partial charge in [-0.2, -0.15) is 0 Å². The second-order valence-electron chi connectivity index (χ2n) is 4.77. The number of hydrogen-bond donors (Lipinski definition) is 1. The van der Waals surface area contributed by atoms with E-state index >= 15 is 0 Å². The minimum Gasteiger partial charge on any atom is -0.399 e. The van der Waals surface area contributed by atoms with Crippen molar-refractivity contribution in [2.45, 2.75) is 32.3 Å². The summed E-state index contributed by atoms with van der Waals surface area (Å²) in [4.78, 5) is 14.0. The topological polar surface area (TPSA) is 55.6 Å². The molecule has 0 aromatic heterocycles. The molecule has 1 unspecified atom stereocenters. The summed E-state index contributed by atoms with van der Waals surface area (Å²) in [7, 11) is 1.67. The molecule has 98 valence electrons. The molecule has 1 amide bonds. The molecular weight excluding hydrogens is 228 g/mol. The molecule has 1 aliphatic rings. The highest BCUT2D eigenvalue weighted by atomic mass is 16.5. The van der Waals surface area contributed by atoms with Crippen molar-refractivity contribution in [3.05, 3.63) is 23.8 Å². The van der Waals surface area contributed by atoms with Crippen LogP contribution in [-0.2, 0) is 16.0 Å². The molecule has 0 aliphatic carbocycles. The second kappa shape index (κ2) is 5.40. The van der Waals surface area contributed by atoms with Crippen LogP contribution in [0.15, 0.2) is 18.2 Å². The average Bonchev–Trinajstić information content (AvgIpc) is 2.78. The zero-order valence-electron chi connectivity index (χ0n) is 11.0. The van der Waals surface area contributed by atoms with E-state index in [2.05, 4.69) is 0 Å². The molecule has 1 aliphatic heterocycles. The van der Waals surface area contributed by atoms with E-state index in [1.807, 2.05) is 30.0 Å². The molecule has 1 aromatic carbocycles. The van der Waals surface area contributed by atoms with E-state index in [4.69, 9.17) is 10.5 Å². The van der Waals surface area contributed by atoms with Gasteiger partial charge >= 0.3 is 0 Å². The average molecular weight is 248 g/mol. The van der Waals surface area contributed by atoms with Crippen LogP contribution in [0.1, 0.15) is 25.3 Å². The van der Waals surface area contributed by atoms with Gasteiger partial charge in [0.25, 0.3) is 0 Å². The molecule has 1 aromatic rings. The lowest BCUT2D eigenvalue weighted by Gasteiger charge is -2.18. The Morgan fingerprint density at radius 2 is 2.33 bits per heavy atom. The molecule has 18 heavy (non-hydrogen) atoms. The number of carbonyl (C=O) groups excluding carboxylic acids is 1. The van der Waals surface area contributed by atoms with Crippen molar-refractivity contribution < 1.29 is 9.53 Å². The van der Waals surface area contributed by atoms with Crippen LogP contribution in [0.2, 0.25) is 0 Å². The fourth-order valence-electron chi connectivity index (χ4n) is 2.26. The first-order chi connectivity index (χ1) is 8.61. The van der Waals surface area contributed by atoms with Crippen LogP contribution in [0.25, 0.3) is 0 Å². The Morgan fingerprint density at radius 1 is 1.56 bits per heavy atom. The second-order valence-corrected chi connectivity index (χ2v) is 4.77. The summed E-state index contributed by atoms with van der Waals surface area (Å²) in [5.41, 5.74) is 8.69. The minimum atomic E-state index is 0.127. The third-order valence-corrected chi connectivity index (χ3v) is 3.47. The van der Waals surface area contributed by atoms with Gasteiger partial charge in [-0.05, 0) is 43.5 Å². The molecule has 0 spiro atoms. The number of benzene rings is 1. The Bertz CT molecular complexity index is 445. The Balaban J connectivity index is 2.02. The fourth-order valence-corrected chi connectivity index (χ4v) is 2.26. The zero-order valence-corrected chi connectivity index (χ0v) is 11.0. The number of carbonyl (C=O) groups is 1. The molecular formula is C14H20N2O2. The smallest absolute Gasteiger partial charge is 0.227 e. The van der Waals surface area contributed by atoms with Crippen LogP contribution >= 0.6 is 0 Å². The lowest BCUT2D eigenvalue weighted by atomic mass is 10.1. The normalized spacial score (nSPS) is 15.6. The van der Waals surface area contributed by atoms with Gasteiger partial charge in [-0.25, -0.2) is 0 Å². The first-order valence-electron chi connectivity index (χ1n) is 6.33. The van der Waals surface area contributed by atoms with E-state index in [-0.39, 0.29) is 12.0 Å². The number of hydrogen-bond acceptors (Lipinski definition) is 3. The fraction of sp³-hybridized carbons (Fsp3) is 0.500. The Hall–Kier alpha value is -1.55. The van der Waals surface area contributed by atoms with Gasteiger partial charge in [0.05, 0.1) is 6.10 Å². The molecule has 2 rings (SSSR count). The molecule has 4 heteroatoms. The Kier molecular flexibility index (Phi) is 3.87. The maximum atomic E-state index is 12.2. The Morgan fingerprint density at radius 3 is 3.06 bits per heavy atom. The number of fused-ring (bicyclic) bond motifs is 1. The van der Waals surface area contributed by atoms with Gasteiger partial charge < -0.3 is 15.4 Å². The van der Waals surface area contributed by atoms with Gasteiger partial charge in [0, 0.05) is 31.5 Å². The predicted octanol–water partition coefficient (Wildman–Crippen LogP) is 1.97. The molecule has 4 nitrogen and oxygen atoms in total. The zero-order chi connectivity index (χ0) is 13.1. The molecule has 1 heterocycles.